The van der Waals surface area contributed by atoms with Crippen LogP contribution in [-0.2, 0) is 20.7 Å². The van der Waals surface area contributed by atoms with Gasteiger partial charge in [0.15, 0.2) is 0 Å². The summed E-state index contributed by atoms with van der Waals surface area (Å²) in [6, 6.07) is 5.38. The van der Waals surface area contributed by atoms with Crippen molar-refractivity contribution in [2.45, 2.75) is 18.9 Å². The number of aliphatic hydroxyl groups is 1. The molecule has 2 aliphatic heterocycles. The quantitative estimate of drug-likeness (QED) is 0.770. The lowest BCUT2D eigenvalue weighted by Crippen LogP contribution is -2.59. The molecule has 2 fully saturated rings. The van der Waals surface area contributed by atoms with E-state index in [0.717, 1.165) is 0 Å². The number of carbonyl (C=O) groups is 3. The lowest BCUT2D eigenvalue weighted by molar-refractivity contribution is -0.166. The molecule has 2 atom stereocenters. The third-order valence-electron chi connectivity index (χ3n) is 5.17. The average Bonchev–Trinajstić information content (AvgIpc) is 3.03. The third kappa shape index (κ3) is 3.87. The third-order valence-corrected chi connectivity index (χ3v) is 5.17. The average molecular weight is 380 g/mol. The second-order valence-electron chi connectivity index (χ2n) is 6.92. The van der Waals surface area contributed by atoms with E-state index >= 15 is 0 Å². The van der Waals surface area contributed by atoms with Crippen molar-refractivity contribution in [2.75, 3.05) is 32.8 Å². The van der Waals surface area contributed by atoms with Crippen molar-refractivity contribution in [1.29, 1.82) is 0 Å². The number of rotatable bonds is 5. The van der Waals surface area contributed by atoms with Gasteiger partial charge in [-0.2, -0.15) is 0 Å². The molecule has 2 saturated heterocycles. The lowest BCUT2D eigenvalue weighted by atomic mass is 9.73. The molecule has 0 aliphatic carbocycles. The fourth-order valence-electron chi connectivity index (χ4n) is 3.55. The number of amides is 2. The Kier molecular flexibility index (Phi) is 5.31. The number of nitrogens with zero attached hydrogens (tertiary/aromatic N) is 2. The van der Waals surface area contributed by atoms with Gasteiger partial charge in [-0.15, -0.1) is 0 Å². The summed E-state index contributed by atoms with van der Waals surface area (Å²) in [7, 11) is 0. The summed E-state index contributed by atoms with van der Waals surface area (Å²) in [4.78, 5) is 38.8. The molecule has 2 N–H and O–H groups in total. The van der Waals surface area contributed by atoms with E-state index in [2.05, 4.69) is 0 Å². The first-order valence-electron chi connectivity index (χ1n) is 8.67. The van der Waals surface area contributed by atoms with E-state index in [1.54, 1.807) is 0 Å². The van der Waals surface area contributed by atoms with Crippen molar-refractivity contribution in [2.24, 2.45) is 5.41 Å². The molecule has 0 aromatic heterocycles. The molecular formula is C18H21FN2O6. The number of carboxylic acid groups (broad SMARTS) is 1. The minimum atomic E-state index is -1.60. The fraction of sp³-hybridized carbons (Fsp3) is 0.500. The first kappa shape index (κ1) is 19.1. The molecule has 0 saturated carbocycles. The minimum Gasteiger partial charge on any atom is -0.481 e. The van der Waals surface area contributed by atoms with E-state index in [4.69, 9.17) is 4.74 Å². The van der Waals surface area contributed by atoms with Crippen LogP contribution in [-0.4, -0.2) is 76.9 Å². The molecule has 0 bridgehead atoms. The summed E-state index contributed by atoms with van der Waals surface area (Å²) in [5, 5.41) is 20.3. The van der Waals surface area contributed by atoms with Crippen LogP contribution in [0.15, 0.2) is 24.3 Å². The van der Waals surface area contributed by atoms with E-state index in [1.807, 2.05) is 0 Å². The van der Waals surface area contributed by atoms with Gasteiger partial charge in [-0.25, -0.2) is 9.18 Å². The summed E-state index contributed by atoms with van der Waals surface area (Å²) < 4.78 is 17.9. The van der Waals surface area contributed by atoms with E-state index in [9.17, 15) is 29.0 Å². The topological polar surface area (TPSA) is 107 Å². The van der Waals surface area contributed by atoms with Crippen molar-refractivity contribution in [3.05, 3.63) is 35.6 Å². The lowest BCUT2D eigenvalue weighted by Gasteiger charge is -2.43. The number of carbonyl (C=O) groups excluding carboxylic acids is 2. The molecule has 9 heteroatoms. The van der Waals surface area contributed by atoms with Gasteiger partial charge in [0.25, 0.3) is 0 Å². The number of hydrogen-bond acceptors (Lipinski definition) is 5. The number of aliphatic hydroxyl groups excluding tert-OH is 1. The molecule has 0 unspecified atom stereocenters. The molecule has 8 nitrogen and oxygen atoms in total. The van der Waals surface area contributed by atoms with E-state index in [0.29, 0.717) is 12.1 Å². The van der Waals surface area contributed by atoms with Gasteiger partial charge in [0, 0.05) is 13.1 Å². The second kappa shape index (κ2) is 7.51. The van der Waals surface area contributed by atoms with Crippen LogP contribution >= 0.6 is 0 Å². The van der Waals surface area contributed by atoms with Crippen molar-refractivity contribution in [3.63, 3.8) is 0 Å². The summed E-state index contributed by atoms with van der Waals surface area (Å²) in [6.07, 6.45) is -1.67. The molecule has 27 heavy (non-hydrogen) atoms. The first-order chi connectivity index (χ1) is 12.8. The number of hydrogen-bond donors (Lipinski definition) is 2. The molecule has 3 rings (SSSR count). The Labute approximate surface area is 155 Å². The smallest absolute Gasteiger partial charge is 0.410 e. The van der Waals surface area contributed by atoms with Gasteiger partial charge in [0.2, 0.25) is 5.91 Å². The van der Waals surface area contributed by atoms with Gasteiger partial charge < -0.3 is 19.8 Å². The van der Waals surface area contributed by atoms with Crippen LogP contribution in [0.5, 0.6) is 0 Å². The summed E-state index contributed by atoms with van der Waals surface area (Å²) in [5.41, 5.74) is -1.05. The zero-order valence-corrected chi connectivity index (χ0v) is 14.6. The van der Waals surface area contributed by atoms with Crippen LogP contribution in [0.3, 0.4) is 0 Å². The maximum absolute atomic E-state index is 13.1. The molecule has 2 aliphatic rings. The summed E-state index contributed by atoms with van der Waals surface area (Å²) in [6.45, 7) is 0.334. The highest BCUT2D eigenvalue weighted by Crippen LogP contribution is 2.35. The largest absolute Gasteiger partial charge is 0.481 e. The highest BCUT2D eigenvalue weighted by Gasteiger charge is 2.50. The Morgan fingerprint density at radius 3 is 2.56 bits per heavy atom. The number of aliphatic carboxylic acids is 1. The predicted molar refractivity (Wildman–Crippen MR) is 90.3 cm³/mol. The first-order valence-corrected chi connectivity index (χ1v) is 8.67. The van der Waals surface area contributed by atoms with E-state index < -0.39 is 35.3 Å². The Hall–Kier alpha value is -2.68. The molecule has 0 spiro atoms. The zero-order chi connectivity index (χ0) is 19.6. The molecule has 2 amide bonds. The molecule has 2 heterocycles. The minimum absolute atomic E-state index is 0.0423. The van der Waals surface area contributed by atoms with Crippen LogP contribution in [0.2, 0.25) is 0 Å². The SMILES string of the molecule is O=C(CN1CCOC1=O)N1CC[C@H](O)[C@](Cc2ccc(F)cc2)(C(=O)O)C1. The molecular weight excluding hydrogens is 359 g/mol. The van der Waals surface area contributed by atoms with Crippen molar-refractivity contribution in [3.8, 4) is 0 Å². The monoisotopic (exact) mass is 380 g/mol. The highest BCUT2D eigenvalue weighted by atomic mass is 19.1. The Morgan fingerprint density at radius 2 is 1.96 bits per heavy atom. The predicted octanol–water partition coefficient (Wildman–Crippen LogP) is 0.485. The standard InChI is InChI=1S/C18H21FN2O6/c19-13-3-1-12(2-4-13)9-18(16(24)25)11-21(6-5-14(18)22)15(23)10-20-7-8-27-17(20)26/h1-4,14,22H,5-11H2,(H,24,25)/t14-,18+/m0/s1. The van der Waals surface area contributed by atoms with E-state index in [1.165, 1.54) is 34.1 Å². The number of likely N-dealkylation sites (tertiary alicyclic amines) is 1. The maximum atomic E-state index is 13.1. The van der Waals surface area contributed by atoms with Crippen molar-refractivity contribution >= 4 is 18.0 Å². The zero-order valence-electron chi connectivity index (χ0n) is 14.6. The van der Waals surface area contributed by atoms with E-state index in [-0.39, 0.29) is 39.1 Å². The van der Waals surface area contributed by atoms with Gasteiger partial charge in [0.1, 0.15) is 24.4 Å². The van der Waals surface area contributed by atoms with Crippen LogP contribution in [0.1, 0.15) is 12.0 Å². The molecule has 1 aromatic carbocycles. The van der Waals surface area contributed by atoms with Crippen molar-refractivity contribution < 1.29 is 33.7 Å². The number of ether oxygens (including phenoxy) is 1. The Morgan fingerprint density at radius 1 is 1.26 bits per heavy atom. The van der Waals surface area contributed by atoms with Gasteiger partial charge in [0.05, 0.1) is 12.6 Å². The van der Waals surface area contributed by atoms with Crippen molar-refractivity contribution in [1.82, 2.24) is 9.80 Å². The number of carboxylic acids is 1. The van der Waals surface area contributed by atoms with Gasteiger partial charge in [-0.3, -0.25) is 14.5 Å². The Balaban J connectivity index is 1.77. The summed E-state index contributed by atoms with van der Waals surface area (Å²) >= 11 is 0. The molecule has 1 aromatic rings. The summed E-state index contributed by atoms with van der Waals surface area (Å²) in [5.74, 6) is -2.07. The van der Waals surface area contributed by atoms with Crippen LogP contribution in [0, 0.1) is 11.2 Å². The van der Waals surface area contributed by atoms with Crippen LogP contribution in [0.25, 0.3) is 0 Å². The number of halogens is 1. The fourth-order valence-corrected chi connectivity index (χ4v) is 3.55. The number of benzene rings is 1. The van der Waals surface area contributed by atoms with Crippen LogP contribution < -0.4 is 0 Å². The number of cyclic esters (lactones) is 1. The van der Waals surface area contributed by atoms with Crippen LogP contribution in [0.4, 0.5) is 9.18 Å². The maximum Gasteiger partial charge on any atom is 0.410 e. The van der Waals surface area contributed by atoms with Gasteiger partial charge in [-0.05, 0) is 30.5 Å². The highest BCUT2D eigenvalue weighted by molar-refractivity contribution is 5.84. The number of piperidine rings is 1. The Bertz CT molecular complexity index is 740. The molecule has 146 valence electrons. The molecule has 0 radical (unpaired) electrons. The van der Waals surface area contributed by atoms with Gasteiger partial charge in [-0.1, -0.05) is 12.1 Å². The van der Waals surface area contributed by atoms with Gasteiger partial charge >= 0.3 is 12.1 Å². The normalized spacial score (nSPS) is 25.4. The second-order valence-corrected chi connectivity index (χ2v) is 6.92.